The summed E-state index contributed by atoms with van der Waals surface area (Å²) in [6.45, 7) is 4.65. The molecule has 0 aromatic carbocycles. The molecule has 0 saturated carbocycles. The zero-order valence-corrected chi connectivity index (χ0v) is 13.8. The van der Waals surface area contributed by atoms with Crippen LogP contribution in [0.25, 0.3) is 0 Å². The molecule has 0 spiro atoms. The molecule has 0 bridgehead atoms. The van der Waals surface area contributed by atoms with Gasteiger partial charge >= 0.3 is 0 Å². The van der Waals surface area contributed by atoms with Gasteiger partial charge in [0.15, 0.2) is 0 Å². The van der Waals surface area contributed by atoms with Crippen LogP contribution in [0.2, 0.25) is 0 Å². The Morgan fingerprint density at radius 3 is 1.71 bits per heavy atom. The molecule has 9 nitrogen and oxygen atoms in total. The summed E-state index contributed by atoms with van der Waals surface area (Å²) in [7, 11) is -7.35. The second-order valence-corrected chi connectivity index (χ2v) is 8.90. The Morgan fingerprint density at radius 2 is 1.29 bits per heavy atom. The van der Waals surface area contributed by atoms with E-state index in [1.165, 1.54) is 8.61 Å². The Morgan fingerprint density at radius 1 is 0.857 bits per heavy atom. The highest BCUT2D eigenvalue weighted by atomic mass is 32.2. The first-order chi connectivity index (χ1) is 9.60. The van der Waals surface area contributed by atoms with Gasteiger partial charge in [0.1, 0.15) is 0 Å². The van der Waals surface area contributed by atoms with Gasteiger partial charge in [-0.3, -0.25) is 0 Å². The molecule has 124 valence electrons. The summed E-state index contributed by atoms with van der Waals surface area (Å²) in [6, 6.07) is 0. The summed E-state index contributed by atoms with van der Waals surface area (Å²) in [5.74, 6) is 0. The average Bonchev–Trinajstić information content (AvgIpc) is 2.36. The van der Waals surface area contributed by atoms with Crippen LogP contribution in [0, 0.1) is 0 Å². The van der Waals surface area contributed by atoms with Crippen molar-refractivity contribution in [3.63, 3.8) is 0 Å². The van der Waals surface area contributed by atoms with Gasteiger partial charge < -0.3 is 4.74 Å². The SMILES string of the molecule is C[C@@H]1CN(S(=O)(=O)N2CCN(S(N)(=O)=O)CC2)C[C@H](C)O1. The van der Waals surface area contributed by atoms with Crippen molar-refractivity contribution in [3.8, 4) is 0 Å². The molecule has 11 heteroatoms. The van der Waals surface area contributed by atoms with E-state index in [0.29, 0.717) is 13.1 Å². The molecule has 2 rings (SSSR count). The van der Waals surface area contributed by atoms with E-state index in [2.05, 4.69) is 0 Å². The van der Waals surface area contributed by atoms with E-state index in [0.717, 1.165) is 4.31 Å². The average molecular weight is 342 g/mol. The molecule has 2 heterocycles. The van der Waals surface area contributed by atoms with E-state index in [9.17, 15) is 16.8 Å². The third kappa shape index (κ3) is 3.92. The van der Waals surface area contributed by atoms with Crippen LogP contribution in [0.15, 0.2) is 0 Å². The van der Waals surface area contributed by atoms with E-state index in [-0.39, 0.29) is 38.4 Å². The fraction of sp³-hybridized carbons (Fsp3) is 1.00. The van der Waals surface area contributed by atoms with E-state index in [1.807, 2.05) is 13.8 Å². The fourth-order valence-electron chi connectivity index (χ4n) is 2.64. The molecule has 2 aliphatic heterocycles. The van der Waals surface area contributed by atoms with Gasteiger partial charge in [0, 0.05) is 39.3 Å². The van der Waals surface area contributed by atoms with Gasteiger partial charge in [-0.15, -0.1) is 0 Å². The molecule has 2 N–H and O–H groups in total. The topological polar surface area (TPSA) is 113 Å². The number of hydrogen-bond donors (Lipinski definition) is 1. The molecule has 21 heavy (non-hydrogen) atoms. The molecule has 2 saturated heterocycles. The highest BCUT2D eigenvalue weighted by Crippen LogP contribution is 2.19. The maximum atomic E-state index is 12.6. The first kappa shape index (κ1) is 17.1. The quantitative estimate of drug-likeness (QED) is 0.647. The molecule has 0 aliphatic carbocycles. The van der Waals surface area contributed by atoms with Crippen molar-refractivity contribution in [2.24, 2.45) is 5.14 Å². The molecule has 2 aliphatic rings. The number of rotatable bonds is 3. The Hall–Kier alpha value is -0.300. The van der Waals surface area contributed by atoms with Crippen molar-refractivity contribution in [3.05, 3.63) is 0 Å². The minimum absolute atomic E-state index is 0.0769. The lowest BCUT2D eigenvalue weighted by Gasteiger charge is -2.39. The van der Waals surface area contributed by atoms with E-state index >= 15 is 0 Å². The van der Waals surface area contributed by atoms with Gasteiger partial charge in [0.05, 0.1) is 12.2 Å². The zero-order chi connectivity index (χ0) is 15.8. The minimum Gasteiger partial charge on any atom is -0.373 e. The lowest BCUT2D eigenvalue weighted by atomic mass is 10.3. The second-order valence-electron chi connectivity index (χ2n) is 5.43. The van der Waals surface area contributed by atoms with Crippen LogP contribution in [-0.2, 0) is 25.2 Å². The van der Waals surface area contributed by atoms with Gasteiger partial charge in [-0.2, -0.15) is 29.8 Å². The molecule has 0 amide bonds. The van der Waals surface area contributed by atoms with Crippen molar-refractivity contribution in [1.82, 2.24) is 12.9 Å². The zero-order valence-electron chi connectivity index (χ0n) is 12.2. The van der Waals surface area contributed by atoms with Crippen LogP contribution in [0.1, 0.15) is 13.8 Å². The number of nitrogens with zero attached hydrogens (tertiary/aromatic N) is 3. The Balaban J connectivity index is 2.05. The third-order valence-electron chi connectivity index (χ3n) is 3.60. The first-order valence-corrected chi connectivity index (χ1v) is 9.69. The molecular weight excluding hydrogens is 320 g/mol. The summed E-state index contributed by atoms with van der Waals surface area (Å²) in [5, 5.41) is 5.05. The van der Waals surface area contributed by atoms with Crippen LogP contribution in [0.4, 0.5) is 0 Å². The predicted molar refractivity (Wildman–Crippen MR) is 76.8 cm³/mol. The van der Waals surface area contributed by atoms with Gasteiger partial charge in [-0.05, 0) is 13.8 Å². The Labute approximate surface area is 126 Å². The van der Waals surface area contributed by atoms with E-state index < -0.39 is 20.4 Å². The maximum absolute atomic E-state index is 12.6. The number of ether oxygens (including phenoxy) is 1. The summed E-state index contributed by atoms with van der Waals surface area (Å²) in [5.41, 5.74) is 0. The van der Waals surface area contributed by atoms with E-state index in [4.69, 9.17) is 9.88 Å². The summed E-state index contributed by atoms with van der Waals surface area (Å²) < 4.78 is 57.0. The number of hydrogen-bond acceptors (Lipinski definition) is 5. The third-order valence-corrected chi connectivity index (χ3v) is 6.65. The van der Waals surface area contributed by atoms with Crippen LogP contribution < -0.4 is 5.14 Å². The van der Waals surface area contributed by atoms with Crippen molar-refractivity contribution in [2.45, 2.75) is 26.1 Å². The highest BCUT2D eigenvalue weighted by Gasteiger charge is 2.37. The predicted octanol–water partition coefficient (Wildman–Crippen LogP) is -1.84. The monoisotopic (exact) mass is 342 g/mol. The second kappa shape index (κ2) is 6.07. The van der Waals surface area contributed by atoms with Crippen molar-refractivity contribution in [1.29, 1.82) is 0 Å². The number of nitrogens with two attached hydrogens (primary N) is 1. The van der Waals surface area contributed by atoms with E-state index in [1.54, 1.807) is 0 Å². The normalized spacial score (nSPS) is 31.4. The summed E-state index contributed by atoms with van der Waals surface area (Å²) >= 11 is 0. The number of piperazine rings is 1. The smallest absolute Gasteiger partial charge is 0.282 e. The van der Waals surface area contributed by atoms with Gasteiger partial charge in [0.2, 0.25) is 0 Å². The van der Waals surface area contributed by atoms with Crippen molar-refractivity contribution < 1.29 is 21.6 Å². The molecular formula is C10H22N4O5S2. The Kier molecular flexibility index (Phi) is 4.93. The van der Waals surface area contributed by atoms with Crippen molar-refractivity contribution >= 4 is 20.4 Å². The van der Waals surface area contributed by atoms with Crippen LogP contribution in [0.5, 0.6) is 0 Å². The lowest BCUT2D eigenvalue weighted by Crippen LogP contribution is -2.58. The van der Waals surface area contributed by atoms with Gasteiger partial charge in [-0.25, -0.2) is 5.14 Å². The molecule has 2 atom stereocenters. The summed E-state index contributed by atoms with van der Waals surface area (Å²) in [4.78, 5) is 0. The highest BCUT2D eigenvalue weighted by molar-refractivity contribution is 7.87. The minimum atomic E-state index is -3.76. The molecule has 0 aromatic rings. The summed E-state index contributed by atoms with van der Waals surface area (Å²) in [6.07, 6.45) is -0.316. The molecule has 2 fully saturated rings. The van der Waals surface area contributed by atoms with Crippen LogP contribution in [-0.4, -0.2) is 81.2 Å². The van der Waals surface area contributed by atoms with Gasteiger partial charge in [-0.1, -0.05) is 0 Å². The van der Waals surface area contributed by atoms with Crippen LogP contribution >= 0.6 is 0 Å². The van der Waals surface area contributed by atoms with Crippen molar-refractivity contribution in [2.75, 3.05) is 39.3 Å². The fourth-order valence-corrected chi connectivity index (χ4v) is 5.06. The van der Waals surface area contributed by atoms with Crippen LogP contribution in [0.3, 0.4) is 0 Å². The Bertz CT molecular complexity index is 560. The maximum Gasteiger partial charge on any atom is 0.282 e. The van der Waals surface area contributed by atoms with Gasteiger partial charge in [0.25, 0.3) is 20.4 Å². The number of morpholine rings is 1. The lowest BCUT2D eigenvalue weighted by molar-refractivity contribution is -0.0456. The molecule has 0 aromatic heterocycles. The molecule has 0 radical (unpaired) electrons. The standard InChI is InChI=1S/C10H22N4O5S2/c1-9-7-14(8-10(2)19-9)21(17,18)13-5-3-12(4-6-13)20(11,15)16/h9-10H,3-8H2,1-2H3,(H2,11,15,16)/t9-,10+. The largest absolute Gasteiger partial charge is 0.373 e. The molecule has 0 unspecified atom stereocenters. The first-order valence-electron chi connectivity index (χ1n) is 6.79.